The van der Waals surface area contributed by atoms with Crippen molar-refractivity contribution in [3.8, 4) is 0 Å². The third-order valence-electron chi connectivity index (χ3n) is 4.98. The van der Waals surface area contributed by atoms with E-state index in [4.69, 9.17) is 0 Å². The number of carbonyl (C=O) groups excluding carboxylic acids is 2. The molecule has 0 spiro atoms. The predicted octanol–water partition coefficient (Wildman–Crippen LogP) is 1.53. The summed E-state index contributed by atoms with van der Waals surface area (Å²) in [6.07, 6.45) is 3.16. The van der Waals surface area contributed by atoms with Gasteiger partial charge in [0.1, 0.15) is 0 Å². The monoisotopic (exact) mass is 344 g/mol. The van der Waals surface area contributed by atoms with E-state index >= 15 is 0 Å². The van der Waals surface area contributed by atoms with Crippen LogP contribution in [0.2, 0.25) is 0 Å². The second-order valence-corrected chi connectivity index (χ2v) is 6.85. The standard InChI is InChI=1S/C19H28N4O2/c24-18(22-10-4-5-11-22)16-21-9-6-12-23(14-13-21)19(25)20-15-17-7-2-1-3-8-17/h1-3,7-8H,4-6,9-16H2,(H,20,25). The zero-order valence-corrected chi connectivity index (χ0v) is 14.8. The highest BCUT2D eigenvalue weighted by Gasteiger charge is 2.23. The summed E-state index contributed by atoms with van der Waals surface area (Å²) in [5, 5.41) is 2.99. The molecule has 3 amide bonds. The number of nitrogens with zero attached hydrogens (tertiary/aromatic N) is 3. The topological polar surface area (TPSA) is 55.9 Å². The summed E-state index contributed by atoms with van der Waals surface area (Å²) in [4.78, 5) is 30.7. The summed E-state index contributed by atoms with van der Waals surface area (Å²) >= 11 is 0. The minimum atomic E-state index is -0.0171. The molecule has 136 valence electrons. The minimum absolute atomic E-state index is 0.0171. The van der Waals surface area contributed by atoms with Crippen molar-refractivity contribution in [2.24, 2.45) is 0 Å². The van der Waals surface area contributed by atoms with Gasteiger partial charge in [0.15, 0.2) is 0 Å². The Morgan fingerprint density at radius 2 is 1.56 bits per heavy atom. The number of hydrogen-bond acceptors (Lipinski definition) is 3. The van der Waals surface area contributed by atoms with Gasteiger partial charge >= 0.3 is 6.03 Å². The molecule has 25 heavy (non-hydrogen) atoms. The predicted molar refractivity (Wildman–Crippen MR) is 97.1 cm³/mol. The van der Waals surface area contributed by atoms with E-state index in [-0.39, 0.29) is 11.9 Å². The van der Waals surface area contributed by atoms with Crippen LogP contribution in [0.3, 0.4) is 0 Å². The summed E-state index contributed by atoms with van der Waals surface area (Å²) < 4.78 is 0. The van der Waals surface area contributed by atoms with Crippen LogP contribution in [0.15, 0.2) is 30.3 Å². The third-order valence-corrected chi connectivity index (χ3v) is 4.98. The Labute approximate surface area is 149 Å². The fraction of sp³-hybridized carbons (Fsp3) is 0.579. The van der Waals surface area contributed by atoms with Gasteiger partial charge in [-0.3, -0.25) is 9.69 Å². The number of benzene rings is 1. The van der Waals surface area contributed by atoms with E-state index in [1.165, 1.54) is 0 Å². The molecule has 1 N–H and O–H groups in total. The lowest BCUT2D eigenvalue weighted by Crippen LogP contribution is -2.43. The maximum absolute atomic E-state index is 12.4. The first-order valence-electron chi connectivity index (χ1n) is 9.29. The minimum Gasteiger partial charge on any atom is -0.342 e. The quantitative estimate of drug-likeness (QED) is 0.901. The van der Waals surface area contributed by atoms with E-state index in [0.29, 0.717) is 19.6 Å². The van der Waals surface area contributed by atoms with Crippen molar-refractivity contribution in [1.82, 2.24) is 20.0 Å². The number of hydrogen-bond donors (Lipinski definition) is 1. The van der Waals surface area contributed by atoms with E-state index in [2.05, 4.69) is 10.2 Å². The van der Waals surface area contributed by atoms with Crippen LogP contribution in [0.5, 0.6) is 0 Å². The molecule has 1 aromatic carbocycles. The second kappa shape index (κ2) is 8.85. The van der Waals surface area contributed by atoms with Crippen molar-refractivity contribution in [2.75, 3.05) is 45.8 Å². The molecule has 0 unspecified atom stereocenters. The van der Waals surface area contributed by atoms with Crippen LogP contribution in [0.1, 0.15) is 24.8 Å². The first kappa shape index (κ1) is 17.7. The van der Waals surface area contributed by atoms with Crippen LogP contribution < -0.4 is 5.32 Å². The SMILES string of the molecule is O=C(CN1CCCN(C(=O)NCc2ccccc2)CC1)N1CCCC1. The molecule has 6 heteroatoms. The van der Waals surface area contributed by atoms with Crippen LogP contribution >= 0.6 is 0 Å². The lowest BCUT2D eigenvalue weighted by molar-refractivity contribution is -0.131. The average Bonchev–Trinajstić information content (AvgIpc) is 3.08. The highest BCUT2D eigenvalue weighted by atomic mass is 16.2. The molecule has 6 nitrogen and oxygen atoms in total. The molecule has 2 fully saturated rings. The molecule has 0 aliphatic carbocycles. The molecular formula is C19H28N4O2. The van der Waals surface area contributed by atoms with Crippen molar-refractivity contribution in [3.05, 3.63) is 35.9 Å². The molecule has 0 atom stereocenters. The number of carbonyl (C=O) groups is 2. The first-order valence-corrected chi connectivity index (χ1v) is 9.29. The van der Waals surface area contributed by atoms with E-state index < -0.39 is 0 Å². The highest BCUT2D eigenvalue weighted by Crippen LogP contribution is 2.10. The van der Waals surface area contributed by atoms with Crippen molar-refractivity contribution in [2.45, 2.75) is 25.8 Å². The first-order chi connectivity index (χ1) is 12.2. The molecule has 2 aliphatic heterocycles. The molecule has 0 saturated carbocycles. The Hall–Kier alpha value is -2.08. The van der Waals surface area contributed by atoms with Crippen molar-refractivity contribution >= 4 is 11.9 Å². The summed E-state index contributed by atoms with van der Waals surface area (Å²) in [5.74, 6) is 0.236. The normalized spacial score (nSPS) is 18.9. The maximum atomic E-state index is 12.4. The Balaban J connectivity index is 1.42. The fourth-order valence-corrected chi connectivity index (χ4v) is 3.48. The summed E-state index contributed by atoms with van der Waals surface area (Å²) in [5.41, 5.74) is 1.10. The van der Waals surface area contributed by atoms with Gasteiger partial charge in [0.25, 0.3) is 0 Å². The molecule has 2 saturated heterocycles. The lowest BCUT2D eigenvalue weighted by Gasteiger charge is -2.24. The molecule has 3 rings (SSSR count). The zero-order valence-electron chi connectivity index (χ0n) is 14.8. The number of amides is 3. The second-order valence-electron chi connectivity index (χ2n) is 6.85. The van der Waals surface area contributed by atoms with Gasteiger partial charge in [0.05, 0.1) is 6.54 Å². The Kier molecular flexibility index (Phi) is 6.28. The van der Waals surface area contributed by atoms with Crippen molar-refractivity contribution in [1.29, 1.82) is 0 Å². The van der Waals surface area contributed by atoms with E-state index in [1.807, 2.05) is 40.1 Å². The van der Waals surface area contributed by atoms with Gasteiger partial charge in [-0.2, -0.15) is 0 Å². The van der Waals surface area contributed by atoms with Gasteiger partial charge in [0, 0.05) is 45.8 Å². The molecule has 2 aliphatic rings. The van der Waals surface area contributed by atoms with Crippen LogP contribution in [0, 0.1) is 0 Å². The van der Waals surface area contributed by atoms with Crippen molar-refractivity contribution in [3.63, 3.8) is 0 Å². The van der Waals surface area contributed by atoms with Crippen molar-refractivity contribution < 1.29 is 9.59 Å². The molecule has 0 radical (unpaired) electrons. The zero-order chi connectivity index (χ0) is 17.5. The number of rotatable bonds is 4. The van der Waals surface area contributed by atoms with Gasteiger partial charge in [-0.15, -0.1) is 0 Å². The summed E-state index contributed by atoms with van der Waals surface area (Å²) in [6.45, 7) is 5.90. The van der Waals surface area contributed by atoms with Crippen LogP contribution in [-0.4, -0.2) is 72.5 Å². The Morgan fingerprint density at radius 1 is 0.840 bits per heavy atom. The van der Waals surface area contributed by atoms with E-state index in [1.54, 1.807) is 0 Å². The highest BCUT2D eigenvalue weighted by molar-refractivity contribution is 5.78. The number of nitrogens with one attached hydrogen (secondary N) is 1. The fourth-order valence-electron chi connectivity index (χ4n) is 3.48. The van der Waals surface area contributed by atoms with Crippen LogP contribution in [0.25, 0.3) is 0 Å². The van der Waals surface area contributed by atoms with Gasteiger partial charge in [0.2, 0.25) is 5.91 Å². The van der Waals surface area contributed by atoms with Crippen LogP contribution in [0.4, 0.5) is 4.79 Å². The Morgan fingerprint density at radius 3 is 2.32 bits per heavy atom. The largest absolute Gasteiger partial charge is 0.342 e. The summed E-state index contributed by atoms with van der Waals surface area (Å²) in [6, 6.07) is 9.92. The van der Waals surface area contributed by atoms with Gasteiger partial charge < -0.3 is 15.1 Å². The third kappa shape index (κ3) is 5.19. The molecule has 2 heterocycles. The Bertz CT molecular complexity index is 572. The average molecular weight is 344 g/mol. The van der Waals surface area contributed by atoms with Gasteiger partial charge in [-0.05, 0) is 24.8 Å². The number of likely N-dealkylation sites (tertiary alicyclic amines) is 1. The summed E-state index contributed by atoms with van der Waals surface area (Å²) in [7, 11) is 0. The molecular weight excluding hydrogens is 316 g/mol. The number of urea groups is 1. The lowest BCUT2D eigenvalue weighted by atomic mass is 10.2. The van der Waals surface area contributed by atoms with Gasteiger partial charge in [-0.1, -0.05) is 30.3 Å². The molecule has 0 aromatic heterocycles. The molecule has 0 bridgehead atoms. The molecule has 1 aromatic rings. The van der Waals surface area contributed by atoms with Gasteiger partial charge in [-0.25, -0.2) is 4.79 Å². The van der Waals surface area contributed by atoms with Crippen LogP contribution in [-0.2, 0) is 11.3 Å². The van der Waals surface area contributed by atoms with E-state index in [0.717, 1.165) is 57.5 Å². The smallest absolute Gasteiger partial charge is 0.317 e. The maximum Gasteiger partial charge on any atom is 0.317 e. The van der Waals surface area contributed by atoms with E-state index in [9.17, 15) is 9.59 Å².